The smallest absolute Gasteiger partial charge is 0.257 e. The van der Waals surface area contributed by atoms with Crippen molar-refractivity contribution < 1.29 is 14.0 Å². The zero-order chi connectivity index (χ0) is 16.2. The molecule has 0 N–H and O–H groups in total. The first kappa shape index (κ1) is 16.1. The first-order valence-electron chi connectivity index (χ1n) is 8.82. The van der Waals surface area contributed by atoms with E-state index in [4.69, 9.17) is 4.42 Å². The topological polar surface area (TPSA) is 53.8 Å². The van der Waals surface area contributed by atoms with E-state index in [9.17, 15) is 9.59 Å². The average molecular weight is 318 g/mol. The van der Waals surface area contributed by atoms with Crippen molar-refractivity contribution in [1.82, 2.24) is 9.80 Å². The fraction of sp³-hybridized carbons (Fsp3) is 0.667. The molecule has 5 nitrogen and oxygen atoms in total. The van der Waals surface area contributed by atoms with E-state index >= 15 is 0 Å². The lowest BCUT2D eigenvalue weighted by Crippen LogP contribution is -2.49. The molecule has 126 valence electrons. The molecule has 2 saturated heterocycles. The van der Waals surface area contributed by atoms with Crippen LogP contribution in [0.4, 0.5) is 0 Å². The highest BCUT2D eigenvalue weighted by Gasteiger charge is 2.33. The van der Waals surface area contributed by atoms with Gasteiger partial charge in [0, 0.05) is 31.6 Å². The molecule has 0 aromatic carbocycles. The van der Waals surface area contributed by atoms with Gasteiger partial charge in [0.15, 0.2) is 0 Å². The zero-order valence-electron chi connectivity index (χ0n) is 13.9. The molecule has 2 fully saturated rings. The molecule has 1 aromatic heterocycles. The summed E-state index contributed by atoms with van der Waals surface area (Å²) in [4.78, 5) is 29.1. The number of nitrogens with zero attached hydrogens (tertiary/aromatic N) is 2. The predicted molar refractivity (Wildman–Crippen MR) is 87.0 cm³/mol. The Morgan fingerprint density at radius 1 is 1.17 bits per heavy atom. The second kappa shape index (κ2) is 7.20. The molecule has 2 aliphatic rings. The Morgan fingerprint density at radius 3 is 2.61 bits per heavy atom. The number of furan rings is 1. The Hall–Kier alpha value is -1.78. The monoisotopic (exact) mass is 318 g/mol. The predicted octanol–water partition coefficient (Wildman–Crippen LogP) is 2.92. The Balaban J connectivity index is 1.56. The number of hydrogen-bond acceptors (Lipinski definition) is 3. The van der Waals surface area contributed by atoms with Gasteiger partial charge in [-0.05, 0) is 44.6 Å². The van der Waals surface area contributed by atoms with Crippen molar-refractivity contribution in [3.05, 3.63) is 24.2 Å². The van der Waals surface area contributed by atoms with Crippen LogP contribution in [0.3, 0.4) is 0 Å². The second-order valence-electron chi connectivity index (χ2n) is 6.67. The molecule has 1 atom stereocenters. The van der Waals surface area contributed by atoms with Crippen LogP contribution in [0, 0.1) is 5.92 Å². The lowest BCUT2D eigenvalue weighted by atomic mass is 9.91. The van der Waals surface area contributed by atoms with Gasteiger partial charge in [0.05, 0.1) is 11.8 Å². The van der Waals surface area contributed by atoms with E-state index in [1.165, 1.54) is 18.9 Å². The summed E-state index contributed by atoms with van der Waals surface area (Å²) in [5, 5.41) is 0. The molecule has 23 heavy (non-hydrogen) atoms. The van der Waals surface area contributed by atoms with Gasteiger partial charge in [-0.15, -0.1) is 0 Å². The fourth-order valence-electron chi connectivity index (χ4n) is 3.85. The first-order valence-corrected chi connectivity index (χ1v) is 8.82. The molecular formula is C18H26N2O3. The Bertz CT molecular complexity index is 532. The van der Waals surface area contributed by atoms with Crippen LogP contribution in [-0.4, -0.2) is 47.3 Å². The summed E-state index contributed by atoms with van der Waals surface area (Å²) >= 11 is 0. The van der Waals surface area contributed by atoms with Gasteiger partial charge in [0.1, 0.15) is 6.26 Å². The van der Waals surface area contributed by atoms with Crippen LogP contribution in [-0.2, 0) is 4.79 Å². The zero-order valence-corrected chi connectivity index (χ0v) is 13.9. The van der Waals surface area contributed by atoms with Gasteiger partial charge in [-0.2, -0.15) is 0 Å². The van der Waals surface area contributed by atoms with E-state index in [0.29, 0.717) is 30.6 Å². The lowest BCUT2D eigenvalue weighted by Gasteiger charge is -2.39. The van der Waals surface area contributed by atoms with Crippen LogP contribution in [0.5, 0.6) is 0 Å². The molecule has 0 radical (unpaired) electrons. The summed E-state index contributed by atoms with van der Waals surface area (Å²) in [6, 6.07) is 2.11. The summed E-state index contributed by atoms with van der Waals surface area (Å²) in [5.74, 6) is 0.400. The maximum absolute atomic E-state index is 12.8. The van der Waals surface area contributed by atoms with Crippen molar-refractivity contribution in [2.24, 2.45) is 5.92 Å². The second-order valence-corrected chi connectivity index (χ2v) is 6.67. The van der Waals surface area contributed by atoms with Crippen molar-refractivity contribution in [1.29, 1.82) is 0 Å². The van der Waals surface area contributed by atoms with E-state index in [1.807, 2.05) is 4.90 Å². The SMILES string of the molecule is CCC1CCCCN1C(=O)C1CCN(C(=O)c2ccoc2)CC1. The van der Waals surface area contributed by atoms with Gasteiger partial charge >= 0.3 is 0 Å². The quantitative estimate of drug-likeness (QED) is 0.861. The van der Waals surface area contributed by atoms with Gasteiger partial charge in [-0.25, -0.2) is 0 Å². The van der Waals surface area contributed by atoms with Crippen LogP contribution in [0.15, 0.2) is 23.0 Å². The van der Waals surface area contributed by atoms with E-state index in [2.05, 4.69) is 11.8 Å². The molecular weight excluding hydrogens is 292 g/mol. The maximum Gasteiger partial charge on any atom is 0.257 e. The van der Waals surface area contributed by atoms with Crippen molar-refractivity contribution in [3.8, 4) is 0 Å². The van der Waals surface area contributed by atoms with Crippen LogP contribution >= 0.6 is 0 Å². The third-order valence-corrected chi connectivity index (χ3v) is 5.28. The van der Waals surface area contributed by atoms with E-state index in [1.54, 1.807) is 6.07 Å². The summed E-state index contributed by atoms with van der Waals surface area (Å²) < 4.78 is 4.98. The molecule has 1 aromatic rings. The molecule has 5 heteroatoms. The molecule has 2 aliphatic heterocycles. The lowest BCUT2D eigenvalue weighted by molar-refractivity contribution is -0.140. The highest BCUT2D eigenvalue weighted by molar-refractivity contribution is 5.94. The molecule has 2 amide bonds. The summed E-state index contributed by atoms with van der Waals surface area (Å²) in [6.45, 7) is 4.39. The summed E-state index contributed by atoms with van der Waals surface area (Å²) in [5.41, 5.74) is 0.594. The molecule has 0 bridgehead atoms. The number of likely N-dealkylation sites (tertiary alicyclic amines) is 2. The highest BCUT2D eigenvalue weighted by atomic mass is 16.3. The largest absolute Gasteiger partial charge is 0.472 e. The van der Waals surface area contributed by atoms with Gasteiger partial charge in [-0.1, -0.05) is 6.92 Å². The third kappa shape index (κ3) is 3.43. The number of piperidine rings is 2. The molecule has 0 aliphatic carbocycles. The van der Waals surface area contributed by atoms with Crippen molar-refractivity contribution >= 4 is 11.8 Å². The van der Waals surface area contributed by atoms with Gasteiger partial charge in [0.25, 0.3) is 5.91 Å². The Kier molecular flexibility index (Phi) is 5.03. The molecule has 3 heterocycles. The van der Waals surface area contributed by atoms with Crippen molar-refractivity contribution in [2.45, 2.75) is 51.5 Å². The minimum Gasteiger partial charge on any atom is -0.472 e. The highest BCUT2D eigenvalue weighted by Crippen LogP contribution is 2.26. The van der Waals surface area contributed by atoms with Gasteiger partial charge in [0.2, 0.25) is 5.91 Å². The first-order chi connectivity index (χ1) is 11.2. The number of carbonyl (C=O) groups excluding carboxylic acids is 2. The number of hydrogen-bond donors (Lipinski definition) is 0. The Morgan fingerprint density at radius 2 is 1.96 bits per heavy atom. The van der Waals surface area contributed by atoms with Crippen molar-refractivity contribution in [3.63, 3.8) is 0 Å². The fourth-order valence-corrected chi connectivity index (χ4v) is 3.85. The third-order valence-electron chi connectivity index (χ3n) is 5.28. The number of rotatable bonds is 3. The standard InChI is InChI=1S/C18H26N2O3/c1-2-16-5-3-4-9-20(16)18(22)14-6-10-19(11-7-14)17(21)15-8-12-23-13-15/h8,12-14,16H,2-7,9-11H2,1H3. The minimum absolute atomic E-state index is 0.00839. The van der Waals surface area contributed by atoms with Gasteiger partial charge in [-0.3, -0.25) is 9.59 Å². The van der Waals surface area contributed by atoms with Crippen molar-refractivity contribution in [2.75, 3.05) is 19.6 Å². The molecule has 3 rings (SSSR count). The summed E-state index contributed by atoms with van der Waals surface area (Å²) in [7, 11) is 0. The average Bonchev–Trinajstić information content (AvgIpc) is 3.15. The molecule has 0 spiro atoms. The van der Waals surface area contributed by atoms with Crippen LogP contribution in [0.25, 0.3) is 0 Å². The van der Waals surface area contributed by atoms with E-state index in [-0.39, 0.29) is 11.8 Å². The molecule has 1 unspecified atom stereocenters. The maximum atomic E-state index is 12.8. The van der Waals surface area contributed by atoms with E-state index < -0.39 is 0 Å². The van der Waals surface area contributed by atoms with E-state index in [0.717, 1.165) is 38.6 Å². The van der Waals surface area contributed by atoms with Crippen LogP contribution < -0.4 is 0 Å². The van der Waals surface area contributed by atoms with Gasteiger partial charge < -0.3 is 14.2 Å². The summed E-state index contributed by atoms with van der Waals surface area (Å²) in [6.07, 6.45) is 9.10. The number of carbonyl (C=O) groups is 2. The van der Waals surface area contributed by atoms with Crippen LogP contribution in [0.2, 0.25) is 0 Å². The minimum atomic E-state index is 0.00839. The molecule has 0 saturated carbocycles. The van der Waals surface area contributed by atoms with Crippen LogP contribution in [0.1, 0.15) is 55.8 Å². The number of amides is 2. The Labute approximate surface area is 137 Å². The normalized spacial score (nSPS) is 23.1.